The molecule has 1 N–H and O–H groups in total. The number of benzene rings is 2. The fraction of sp³-hybridized carbons (Fsp3) is 0.455. The molecule has 1 aromatic heterocycles. The second kappa shape index (κ2) is 9.58. The number of halogens is 2. The van der Waals surface area contributed by atoms with Gasteiger partial charge in [-0.05, 0) is 66.5 Å². The lowest BCUT2D eigenvalue weighted by atomic mass is 9.99. The molecule has 0 aliphatic heterocycles. The van der Waals surface area contributed by atoms with E-state index in [2.05, 4.69) is 30.2 Å². The van der Waals surface area contributed by atoms with Crippen molar-refractivity contribution < 1.29 is 5.11 Å². The van der Waals surface area contributed by atoms with E-state index in [-0.39, 0.29) is 0 Å². The maximum atomic E-state index is 11.1. The van der Waals surface area contributed by atoms with Gasteiger partial charge in [0.1, 0.15) is 0 Å². The van der Waals surface area contributed by atoms with Gasteiger partial charge < -0.3 is 10.0 Å². The fourth-order valence-corrected chi connectivity index (χ4v) is 5.07. The summed E-state index contributed by atoms with van der Waals surface area (Å²) in [6.45, 7) is 7.13. The fourth-order valence-electron chi connectivity index (χ4n) is 3.57. The molecule has 0 radical (unpaired) electrons. The number of thiophene rings is 1. The molecule has 1 unspecified atom stereocenters. The van der Waals surface area contributed by atoms with Gasteiger partial charge in [0.25, 0.3) is 0 Å². The van der Waals surface area contributed by atoms with Crippen LogP contribution in [0.15, 0.2) is 29.6 Å². The number of hydrogen-bond acceptors (Lipinski definition) is 3. The number of aliphatic hydroxyl groups is 1. The highest BCUT2D eigenvalue weighted by Gasteiger charge is 2.19. The van der Waals surface area contributed by atoms with Gasteiger partial charge in [0.15, 0.2) is 0 Å². The Bertz CT molecular complexity index is 900. The lowest BCUT2D eigenvalue weighted by Crippen LogP contribution is -2.30. The monoisotopic (exact) mass is 423 g/mol. The average Bonchev–Trinajstić information content (AvgIpc) is 3.13. The molecule has 0 aliphatic carbocycles. The Morgan fingerprint density at radius 2 is 1.70 bits per heavy atom. The van der Waals surface area contributed by atoms with Crippen LogP contribution in [-0.2, 0) is 0 Å². The zero-order valence-electron chi connectivity index (χ0n) is 16.0. The molecule has 0 fully saturated rings. The maximum Gasteiger partial charge on any atom is 0.0923 e. The highest BCUT2D eigenvalue weighted by Crippen LogP contribution is 2.39. The number of hydrogen-bond donors (Lipinski definition) is 1. The summed E-state index contributed by atoms with van der Waals surface area (Å²) < 4.78 is 1.14. The van der Waals surface area contributed by atoms with Crippen LogP contribution in [0.25, 0.3) is 20.9 Å². The highest BCUT2D eigenvalue weighted by atomic mass is 35.5. The molecule has 0 aliphatic rings. The third-order valence-electron chi connectivity index (χ3n) is 5.06. The molecule has 0 bridgehead atoms. The summed E-state index contributed by atoms with van der Waals surface area (Å²) in [5.41, 5.74) is 0.959. The summed E-state index contributed by atoms with van der Waals surface area (Å²) in [6.07, 6.45) is 4.12. The summed E-state index contributed by atoms with van der Waals surface area (Å²) >= 11 is 14.4. The molecule has 5 heteroatoms. The second-order valence-electron chi connectivity index (χ2n) is 7.14. The normalized spacial score (nSPS) is 13.1. The Morgan fingerprint density at radius 1 is 1.00 bits per heavy atom. The van der Waals surface area contributed by atoms with Crippen molar-refractivity contribution in [3.63, 3.8) is 0 Å². The minimum atomic E-state index is -0.535. The van der Waals surface area contributed by atoms with E-state index in [1.807, 2.05) is 12.1 Å². The number of rotatable bonds is 9. The van der Waals surface area contributed by atoms with Crippen LogP contribution in [0.1, 0.15) is 51.2 Å². The maximum absolute atomic E-state index is 11.1. The summed E-state index contributed by atoms with van der Waals surface area (Å²) in [6, 6.07) is 7.88. The average molecular weight is 424 g/mol. The molecule has 2 nitrogen and oxygen atoms in total. The van der Waals surface area contributed by atoms with E-state index >= 15 is 0 Å². The van der Waals surface area contributed by atoms with E-state index in [0.29, 0.717) is 16.6 Å². The molecular weight excluding hydrogens is 397 g/mol. The summed E-state index contributed by atoms with van der Waals surface area (Å²) in [5, 5.41) is 17.6. The van der Waals surface area contributed by atoms with Crippen LogP contribution in [0.3, 0.4) is 0 Å². The standard InChI is InChI=1S/C22H27Cl2NOS/c1-3-5-8-25(9-6-4-2)14-21(26)18-13-17-19(11-15(23)12-20(17)24)22-16(18)7-10-27-22/h7,10-13,21,26H,3-6,8-9,14H2,1-2H3. The van der Waals surface area contributed by atoms with E-state index in [9.17, 15) is 5.11 Å². The van der Waals surface area contributed by atoms with Crippen LogP contribution in [0.5, 0.6) is 0 Å². The molecule has 3 aromatic rings. The van der Waals surface area contributed by atoms with E-state index in [1.165, 1.54) is 12.8 Å². The number of unbranched alkanes of at least 4 members (excludes halogenated alkanes) is 2. The Kier molecular flexibility index (Phi) is 7.41. The first-order valence-electron chi connectivity index (χ1n) is 9.74. The molecule has 146 valence electrons. The Labute approximate surface area is 175 Å². The second-order valence-corrected chi connectivity index (χ2v) is 8.90. The summed E-state index contributed by atoms with van der Waals surface area (Å²) in [4.78, 5) is 2.39. The number of fused-ring (bicyclic) bond motifs is 3. The lowest BCUT2D eigenvalue weighted by molar-refractivity contribution is 0.112. The quantitative estimate of drug-likeness (QED) is 0.390. The van der Waals surface area contributed by atoms with Gasteiger partial charge in [-0.1, -0.05) is 49.9 Å². The molecule has 0 amide bonds. The van der Waals surface area contributed by atoms with Gasteiger partial charge in [-0.15, -0.1) is 11.3 Å². The Balaban J connectivity index is 1.97. The van der Waals surface area contributed by atoms with Crippen molar-refractivity contribution in [3.8, 4) is 0 Å². The van der Waals surface area contributed by atoms with Crippen LogP contribution < -0.4 is 0 Å². The highest BCUT2D eigenvalue weighted by molar-refractivity contribution is 7.18. The molecular formula is C22H27Cl2NOS. The van der Waals surface area contributed by atoms with Crippen molar-refractivity contribution in [1.82, 2.24) is 4.90 Å². The van der Waals surface area contributed by atoms with Crippen LogP contribution in [0.2, 0.25) is 10.0 Å². The van der Waals surface area contributed by atoms with Crippen molar-refractivity contribution in [3.05, 3.63) is 45.3 Å². The minimum Gasteiger partial charge on any atom is -0.387 e. The van der Waals surface area contributed by atoms with Gasteiger partial charge in [0, 0.05) is 32.1 Å². The van der Waals surface area contributed by atoms with Gasteiger partial charge in [-0.3, -0.25) is 0 Å². The SMILES string of the molecule is CCCCN(CCCC)CC(O)c1cc2c(Cl)cc(Cl)cc2c2sccc12. The molecule has 1 atom stereocenters. The van der Waals surface area contributed by atoms with Crippen molar-refractivity contribution in [2.75, 3.05) is 19.6 Å². The molecule has 1 heterocycles. The molecule has 2 aromatic carbocycles. The van der Waals surface area contributed by atoms with E-state index in [0.717, 1.165) is 52.4 Å². The Hall–Kier alpha value is -0.840. The molecule has 27 heavy (non-hydrogen) atoms. The summed E-state index contributed by atoms with van der Waals surface area (Å²) in [5.74, 6) is 0. The largest absolute Gasteiger partial charge is 0.387 e. The number of nitrogens with zero attached hydrogens (tertiary/aromatic N) is 1. The zero-order valence-corrected chi connectivity index (χ0v) is 18.3. The van der Waals surface area contributed by atoms with Crippen LogP contribution >= 0.6 is 34.5 Å². The van der Waals surface area contributed by atoms with Gasteiger partial charge in [-0.25, -0.2) is 0 Å². The third kappa shape index (κ3) is 4.78. The third-order valence-corrected chi connectivity index (χ3v) is 6.54. The zero-order chi connectivity index (χ0) is 19.4. The van der Waals surface area contributed by atoms with E-state index in [1.54, 1.807) is 17.4 Å². The van der Waals surface area contributed by atoms with Crippen LogP contribution in [0.4, 0.5) is 0 Å². The predicted octanol–water partition coefficient (Wildman–Crippen LogP) is 7.30. The molecule has 0 spiro atoms. The van der Waals surface area contributed by atoms with E-state index < -0.39 is 6.10 Å². The van der Waals surface area contributed by atoms with Crippen molar-refractivity contribution in [1.29, 1.82) is 0 Å². The smallest absolute Gasteiger partial charge is 0.0923 e. The predicted molar refractivity (Wildman–Crippen MR) is 121 cm³/mol. The molecule has 0 saturated carbocycles. The lowest BCUT2D eigenvalue weighted by Gasteiger charge is -2.25. The topological polar surface area (TPSA) is 23.5 Å². The van der Waals surface area contributed by atoms with Gasteiger partial charge in [0.05, 0.1) is 6.10 Å². The minimum absolute atomic E-state index is 0.535. The first-order chi connectivity index (χ1) is 13.0. The van der Waals surface area contributed by atoms with Crippen molar-refractivity contribution >= 4 is 55.4 Å². The summed E-state index contributed by atoms with van der Waals surface area (Å²) in [7, 11) is 0. The molecule has 3 rings (SSSR count). The van der Waals surface area contributed by atoms with Gasteiger partial charge in [-0.2, -0.15) is 0 Å². The molecule has 0 saturated heterocycles. The van der Waals surface area contributed by atoms with Gasteiger partial charge >= 0.3 is 0 Å². The van der Waals surface area contributed by atoms with Crippen LogP contribution in [0, 0.1) is 0 Å². The first kappa shape index (κ1) is 20.9. The first-order valence-corrected chi connectivity index (χ1v) is 11.4. The number of aliphatic hydroxyl groups excluding tert-OH is 1. The van der Waals surface area contributed by atoms with Crippen LogP contribution in [-0.4, -0.2) is 29.6 Å². The Morgan fingerprint density at radius 3 is 2.37 bits per heavy atom. The van der Waals surface area contributed by atoms with Crippen molar-refractivity contribution in [2.45, 2.75) is 45.6 Å². The van der Waals surface area contributed by atoms with Gasteiger partial charge in [0.2, 0.25) is 0 Å². The van der Waals surface area contributed by atoms with E-state index in [4.69, 9.17) is 23.2 Å². The van der Waals surface area contributed by atoms with Crippen molar-refractivity contribution in [2.24, 2.45) is 0 Å².